The zero-order valence-electron chi connectivity index (χ0n) is 13.7. The third kappa shape index (κ3) is 4.41. The molecule has 0 aliphatic carbocycles. The van der Waals surface area contributed by atoms with Crippen LogP contribution in [0.15, 0.2) is 54.7 Å². The summed E-state index contributed by atoms with van der Waals surface area (Å²) in [6.07, 6.45) is 1.62. The maximum Gasteiger partial charge on any atom is 0.337 e. The third-order valence-corrected chi connectivity index (χ3v) is 4.15. The molecule has 6 nitrogen and oxygen atoms in total. The molecule has 2 N–H and O–H groups in total. The smallest absolute Gasteiger partial charge is 0.337 e. The minimum Gasteiger partial charge on any atom is -0.465 e. The first-order chi connectivity index (χ1) is 12.5. The Kier molecular flexibility index (Phi) is 5.55. The first-order valence-electron chi connectivity index (χ1n) is 7.55. The van der Waals surface area contributed by atoms with Gasteiger partial charge in [0.1, 0.15) is 5.82 Å². The van der Waals surface area contributed by atoms with E-state index in [1.165, 1.54) is 7.11 Å². The molecule has 0 atom stereocenters. The molecule has 26 heavy (non-hydrogen) atoms. The molecule has 0 saturated heterocycles. The van der Waals surface area contributed by atoms with Gasteiger partial charge in [-0.1, -0.05) is 23.2 Å². The molecule has 0 spiro atoms. The van der Waals surface area contributed by atoms with E-state index in [0.717, 1.165) is 11.4 Å². The topological polar surface area (TPSA) is 76.1 Å². The predicted octanol–water partition coefficient (Wildman–Crippen LogP) is 5.06. The normalized spacial score (nSPS) is 10.3. The van der Waals surface area contributed by atoms with E-state index in [1.54, 1.807) is 54.7 Å². The highest BCUT2D eigenvalue weighted by Gasteiger charge is 2.06. The Hall–Kier alpha value is -2.83. The summed E-state index contributed by atoms with van der Waals surface area (Å²) in [5, 5.41) is 7.12. The lowest BCUT2D eigenvalue weighted by Gasteiger charge is -2.09. The second-order valence-electron chi connectivity index (χ2n) is 5.21. The number of benzene rings is 2. The first kappa shape index (κ1) is 18.0. The van der Waals surface area contributed by atoms with Crippen molar-refractivity contribution in [3.63, 3.8) is 0 Å². The van der Waals surface area contributed by atoms with Crippen LogP contribution in [0.25, 0.3) is 0 Å². The lowest BCUT2D eigenvalue weighted by Crippen LogP contribution is -2.02. The predicted molar refractivity (Wildman–Crippen MR) is 103 cm³/mol. The molecule has 132 valence electrons. The van der Waals surface area contributed by atoms with Gasteiger partial charge in [-0.2, -0.15) is 4.98 Å². The number of carbonyl (C=O) groups is 1. The number of ether oxygens (including phenoxy) is 1. The molecule has 0 bridgehead atoms. The molecule has 1 aromatic heterocycles. The van der Waals surface area contributed by atoms with Gasteiger partial charge in [0, 0.05) is 17.6 Å². The van der Waals surface area contributed by atoms with Crippen molar-refractivity contribution >= 4 is 52.3 Å². The van der Waals surface area contributed by atoms with Crippen LogP contribution in [0, 0.1) is 0 Å². The molecular formula is C18H14Cl2N4O2. The summed E-state index contributed by atoms with van der Waals surface area (Å²) < 4.78 is 4.68. The van der Waals surface area contributed by atoms with Gasteiger partial charge < -0.3 is 15.4 Å². The molecule has 0 amide bonds. The number of anilines is 4. The van der Waals surface area contributed by atoms with Crippen molar-refractivity contribution in [3.05, 3.63) is 70.3 Å². The van der Waals surface area contributed by atoms with E-state index in [9.17, 15) is 4.79 Å². The minimum absolute atomic E-state index is 0.383. The number of aromatic nitrogens is 2. The van der Waals surface area contributed by atoms with Gasteiger partial charge in [-0.25, -0.2) is 9.78 Å². The summed E-state index contributed by atoms with van der Waals surface area (Å²) in [6, 6.07) is 13.8. The highest BCUT2D eigenvalue weighted by molar-refractivity contribution is 6.42. The van der Waals surface area contributed by atoms with Gasteiger partial charge in [0.15, 0.2) is 0 Å². The number of nitrogens with one attached hydrogen (secondary N) is 2. The molecule has 3 rings (SSSR count). The lowest BCUT2D eigenvalue weighted by atomic mass is 10.2. The molecule has 0 unspecified atom stereocenters. The standard InChI is InChI=1S/C18H14Cl2N4O2/c1-26-17(25)11-2-4-12(5-3-11)22-16-8-9-21-18(24-16)23-13-6-7-14(19)15(20)10-13/h2-10H,1H3,(H2,21,22,23,24). The quantitative estimate of drug-likeness (QED) is 0.595. The molecule has 2 aromatic carbocycles. The number of nitrogens with zero attached hydrogens (tertiary/aromatic N) is 2. The minimum atomic E-state index is -0.383. The molecule has 3 aromatic rings. The van der Waals surface area contributed by atoms with Crippen molar-refractivity contribution in [2.75, 3.05) is 17.7 Å². The van der Waals surface area contributed by atoms with Gasteiger partial charge in [-0.05, 0) is 48.5 Å². The van der Waals surface area contributed by atoms with Crippen LogP contribution in [0.2, 0.25) is 10.0 Å². The van der Waals surface area contributed by atoms with E-state index in [0.29, 0.717) is 27.4 Å². The van der Waals surface area contributed by atoms with Crippen LogP contribution >= 0.6 is 23.2 Å². The third-order valence-electron chi connectivity index (χ3n) is 3.41. The Morgan fingerprint density at radius 1 is 0.962 bits per heavy atom. The van der Waals surface area contributed by atoms with Gasteiger partial charge in [0.25, 0.3) is 0 Å². The Balaban J connectivity index is 1.72. The maximum atomic E-state index is 11.5. The Labute approximate surface area is 160 Å². The van der Waals surface area contributed by atoms with E-state index in [2.05, 4.69) is 25.3 Å². The SMILES string of the molecule is COC(=O)c1ccc(Nc2ccnc(Nc3ccc(Cl)c(Cl)c3)n2)cc1. The molecule has 0 aliphatic heterocycles. The molecule has 0 saturated carbocycles. The maximum absolute atomic E-state index is 11.5. The average Bonchev–Trinajstić information content (AvgIpc) is 2.65. The lowest BCUT2D eigenvalue weighted by molar-refractivity contribution is 0.0601. The van der Waals surface area contributed by atoms with Crippen LogP contribution in [0.5, 0.6) is 0 Å². The van der Waals surface area contributed by atoms with Crippen molar-refractivity contribution in [1.29, 1.82) is 0 Å². The van der Waals surface area contributed by atoms with E-state index in [1.807, 2.05) is 0 Å². The molecule has 1 heterocycles. The summed E-state index contributed by atoms with van der Waals surface area (Å²) in [5.41, 5.74) is 1.97. The van der Waals surface area contributed by atoms with Gasteiger partial charge >= 0.3 is 5.97 Å². The highest BCUT2D eigenvalue weighted by Crippen LogP contribution is 2.26. The number of methoxy groups -OCH3 is 1. The Morgan fingerprint density at radius 3 is 2.38 bits per heavy atom. The van der Waals surface area contributed by atoms with E-state index in [-0.39, 0.29) is 5.97 Å². The summed E-state index contributed by atoms with van der Waals surface area (Å²) >= 11 is 11.9. The van der Waals surface area contributed by atoms with Crippen LogP contribution in [0.3, 0.4) is 0 Å². The zero-order valence-corrected chi connectivity index (χ0v) is 15.2. The molecule has 0 radical (unpaired) electrons. The van der Waals surface area contributed by atoms with Crippen molar-refractivity contribution in [2.45, 2.75) is 0 Å². The van der Waals surface area contributed by atoms with Crippen molar-refractivity contribution in [3.8, 4) is 0 Å². The summed E-state index contributed by atoms with van der Waals surface area (Å²) in [7, 11) is 1.35. The fourth-order valence-electron chi connectivity index (χ4n) is 2.15. The highest BCUT2D eigenvalue weighted by atomic mass is 35.5. The Morgan fingerprint density at radius 2 is 1.69 bits per heavy atom. The van der Waals surface area contributed by atoms with Crippen molar-refractivity contribution < 1.29 is 9.53 Å². The number of carbonyl (C=O) groups excluding carboxylic acids is 1. The second-order valence-corrected chi connectivity index (χ2v) is 6.03. The largest absolute Gasteiger partial charge is 0.465 e. The number of hydrogen-bond donors (Lipinski definition) is 2. The fraction of sp³-hybridized carbons (Fsp3) is 0.0556. The van der Waals surface area contributed by atoms with Crippen LogP contribution in [0.4, 0.5) is 23.1 Å². The zero-order chi connectivity index (χ0) is 18.5. The van der Waals surface area contributed by atoms with E-state index < -0.39 is 0 Å². The summed E-state index contributed by atoms with van der Waals surface area (Å²) in [5.74, 6) is 0.611. The second kappa shape index (κ2) is 8.03. The number of halogens is 2. The Bertz CT molecular complexity index is 933. The molecular weight excluding hydrogens is 375 g/mol. The van der Waals surface area contributed by atoms with Crippen LogP contribution in [0.1, 0.15) is 10.4 Å². The summed E-state index contributed by atoms with van der Waals surface area (Å²) in [4.78, 5) is 20.0. The monoisotopic (exact) mass is 388 g/mol. The first-order valence-corrected chi connectivity index (χ1v) is 8.31. The average molecular weight is 389 g/mol. The van der Waals surface area contributed by atoms with Crippen LogP contribution in [-0.2, 0) is 4.74 Å². The van der Waals surface area contributed by atoms with Crippen LogP contribution in [-0.4, -0.2) is 23.0 Å². The number of hydrogen-bond acceptors (Lipinski definition) is 6. The van der Waals surface area contributed by atoms with Gasteiger partial charge in [-0.3, -0.25) is 0 Å². The number of esters is 1. The van der Waals surface area contributed by atoms with E-state index in [4.69, 9.17) is 23.2 Å². The van der Waals surface area contributed by atoms with E-state index >= 15 is 0 Å². The fourth-order valence-corrected chi connectivity index (χ4v) is 2.44. The van der Waals surface area contributed by atoms with Gasteiger partial charge in [0.2, 0.25) is 5.95 Å². The molecule has 0 fully saturated rings. The molecule has 0 aliphatic rings. The van der Waals surface area contributed by atoms with Crippen molar-refractivity contribution in [1.82, 2.24) is 9.97 Å². The van der Waals surface area contributed by atoms with Gasteiger partial charge in [0.05, 0.1) is 22.7 Å². The number of rotatable bonds is 5. The van der Waals surface area contributed by atoms with Gasteiger partial charge in [-0.15, -0.1) is 0 Å². The molecule has 8 heteroatoms. The summed E-state index contributed by atoms with van der Waals surface area (Å²) in [6.45, 7) is 0. The van der Waals surface area contributed by atoms with Crippen molar-refractivity contribution in [2.24, 2.45) is 0 Å². The van der Waals surface area contributed by atoms with Crippen LogP contribution < -0.4 is 10.6 Å².